The van der Waals surface area contributed by atoms with E-state index in [0.29, 0.717) is 0 Å². The first-order valence-electron chi connectivity index (χ1n) is 5.97. The van der Waals surface area contributed by atoms with E-state index in [0.717, 1.165) is 24.9 Å². The molecule has 1 unspecified atom stereocenters. The highest BCUT2D eigenvalue weighted by Gasteiger charge is 2.22. The molecule has 0 bridgehead atoms. The van der Waals surface area contributed by atoms with Gasteiger partial charge in [0.25, 0.3) is 0 Å². The molecule has 1 fully saturated rings. The molecule has 1 N–H and O–H groups in total. The van der Waals surface area contributed by atoms with Gasteiger partial charge in [0.2, 0.25) is 0 Å². The van der Waals surface area contributed by atoms with Gasteiger partial charge in [-0.25, -0.2) is 14.4 Å². The van der Waals surface area contributed by atoms with Crippen LogP contribution in [0.1, 0.15) is 37.3 Å². The van der Waals surface area contributed by atoms with E-state index in [1.807, 2.05) is 7.05 Å². The van der Waals surface area contributed by atoms with Gasteiger partial charge in [-0.15, -0.1) is 0 Å². The molecule has 1 saturated heterocycles. The summed E-state index contributed by atoms with van der Waals surface area (Å²) in [6.45, 7) is 0.978. The Morgan fingerprint density at radius 3 is 3.00 bits per heavy atom. The molecular formula is C12H17ClFN3. The fraction of sp³-hybridized carbons (Fsp3) is 0.583. The van der Waals surface area contributed by atoms with Crippen LogP contribution in [0, 0.1) is 5.82 Å². The van der Waals surface area contributed by atoms with Crippen LogP contribution in [-0.2, 0) is 0 Å². The van der Waals surface area contributed by atoms with Gasteiger partial charge in [-0.2, -0.15) is 0 Å². The summed E-state index contributed by atoms with van der Waals surface area (Å²) in [5.41, 5.74) is 4.07. The van der Waals surface area contributed by atoms with Gasteiger partial charge in [0.15, 0.2) is 11.0 Å². The van der Waals surface area contributed by atoms with E-state index in [9.17, 15) is 4.39 Å². The fourth-order valence-corrected chi connectivity index (χ4v) is 2.44. The van der Waals surface area contributed by atoms with Gasteiger partial charge in [0, 0.05) is 12.7 Å². The normalized spacial score (nSPS) is 22.4. The Bertz CT molecular complexity index is 386. The molecule has 0 aliphatic carbocycles. The SMILES string of the molecule is CNN1CCCCCC1c1cnc(Cl)c(F)c1. The van der Waals surface area contributed by atoms with Crippen LogP contribution in [0.25, 0.3) is 0 Å². The Morgan fingerprint density at radius 1 is 1.47 bits per heavy atom. The molecule has 2 rings (SSSR count). The Morgan fingerprint density at radius 2 is 2.29 bits per heavy atom. The summed E-state index contributed by atoms with van der Waals surface area (Å²) in [6.07, 6.45) is 6.24. The van der Waals surface area contributed by atoms with Gasteiger partial charge < -0.3 is 0 Å². The van der Waals surface area contributed by atoms with Crippen molar-refractivity contribution >= 4 is 11.6 Å². The van der Waals surface area contributed by atoms with Gasteiger partial charge in [-0.3, -0.25) is 5.43 Å². The summed E-state index contributed by atoms with van der Waals surface area (Å²) in [5, 5.41) is 2.09. The third kappa shape index (κ3) is 2.94. The van der Waals surface area contributed by atoms with Crippen molar-refractivity contribution in [3.05, 3.63) is 28.8 Å². The molecule has 17 heavy (non-hydrogen) atoms. The van der Waals surface area contributed by atoms with Crippen LogP contribution in [0.4, 0.5) is 4.39 Å². The first-order valence-corrected chi connectivity index (χ1v) is 6.35. The second-order valence-corrected chi connectivity index (χ2v) is 4.68. The molecule has 5 heteroatoms. The quantitative estimate of drug-likeness (QED) is 0.826. The number of aromatic nitrogens is 1. The molecule has 0 saturated carbocycles. The number of halogens is 2. The Labute approximate surface area is 106 Å². The molecule has 0 spiro atoms. The van der Waals surface area contributed by atoms with Crippen molar-refractivity contribution in [2.24, 2.45) is 0 Å². The number of nitrogens with zero attached hydrogens (tertiary/aromatic N) is 2. The largest absolute Gasteiger partial charge is 0.258 e. The van der Waals surface area contributed by atoms with E-state index >= 15 is 0 Å². The predicted octanol–water partition coefficient (Wildman–Crippen LogP) is 2.93. The zero-order valence-corrected chi connectivity index (χ0v) is 10.7. The molecule has 1 aliphatic heterocycles. The van der Waals surface area contributed by atoms with E-state index in [2.05, 4.69) is 15.4 Å². The molecule has 0 radical (unpaired) electrons. The highest BCUT2D eigenvalue weighted by atomic mass is 35.5. The lowest BCUT2D eigenvalue weighted by Crippen LogP contribution is -2.38. The molecule has 1 aromatic heterocycles. The van der Waals surface area contributed by atoms with Crippen molar-refractivity contribution < 1.29 is 4.39 Å². The zero-order valence-electron chi connectivity index (χ0n) is 9.92. The monoisotopic (exact) mass is 257 g/mol. The summed E-state index contributed by atoms with van der Waals surface area (Å²) in [4.78, 5) is 3.89. The topological polar surface area (TPSA) is 28.2 Å². The maximum atomic E-state index is 13.4. The van der Waals surface area contributed by atoms with Crippen LogP contribution in [-0.4, -0.2) is 23.6 Å². The molecule has 3 nitrogen and oxygen atoms in total. The molecule has 2 heterocycles. The lowest BCUT2D eigenvalue weighted by atomic mass is 10.0. The van der Waals surface area contributed by atoms with Gasteiger partial charge in [-0.1, -0.05) is 24.4 Å². The number of hydrogen-bond donors (Lipinski definition) is 1. The van der Waals surface area contributed by atoms with Crippen LogP contribution in [0.15, 0.2) is 12.3 Å². The zero-order chi connectivity index (χ0) is 12.3. The lowest BCUT2D eigenvalue weighted by Gasteiger charge is -2.29. The van der Waals surface area contributed by atoms with Gasteiger partial charge in [0.05, 0.1) is 6.04 Å². The summed E-state index contributed by atoms with van der Waals surface area (Å²) in [7, 11) is 1.90. The molecule has 1 aromatic rings. The Balaban J connectivity index is 2.25. The fourth-order valence-electron chi connectivity index (χ4n) is 2.34. The van der Waals surface area contributed by atoms with Crippen molar-refractivity contribution in [3.63, 3.8) is 0 Å². The minimum Gasteiger partial charge on any atom is -0.258 e. The van der Waals surface area contributed by atoms with Gasteiger partial charge >= 0.3 is 0 Å². The van der Waals surface area contributed by atoms with Gasteiger partial charge in [-0.05, 0) is 31.5 Å². The predicted molar refractivity (Wildman–Crippen MR) is 66.2 cm³/mol. The van der Waals surface area contributed by atoms with Crippen molar-refractivity contribution in [2.75, 3.05) is 13.6 Å². The molecule has 94 valence electrons. The number of pyridine rings is 1. The number of nitrogens with one attached hydrogen (secondary N) is 1. The smallest absolute Gasteiger partial charge is 0.164 e. The minimum absolute atomic E-state index is 0.0571. The van der Waals surface area contributed by atoms with Gasteiger partial charge in [0.1, 0.15) is 0 Å². The third-order valence-corrected chi connectivity index (χ3v) is 3.52. The second kappa shape index (κ2) is 5.76. The Kier molecular flexibility index (Phi) is 4.31. The first kappa shape index (κ1) is 12.7. The minimum atomic E-state index is -0.440. The van der Waals surface area contributed by atoms with Crippen LogP contribution < -0.4 is 5.43 Å². The van der Waals surface area contributed by atoms with Crippen molar-refractivity contribution in [2.45, 2.75) is 31.7 Å². The summed E-state index contributed by atoms with van der Waals surface area (Å²) >= 11 is 5.61. The van der Waals surface area contributed by atoms with E-state index in [1.165, 1.54) is 18.9 Å². The number of hydrazine groups is 1. The molecule has 1 atom stereocenters. The third-order valence-electron chi connectivity index (χ3n) is 3.24. The highest BCUT2D eigenvalue weighted by molar-refractivity contribution is 6.29. The maximum absolute atomic E-state index is 13.4. The van der Waals surface area contributed by atoms with Crippen molar-refractivity contribution in [1.82, 2.24) is 15.4 Å². The average molecular weight is 258 g/mol. The molecule has 0 amide bonds. The summed E-state index contributed by atoms with van der Waals surface area (Å²) in [6, 6.07) is 1.68. The molecular weight excluding hydrogens is 241 g/mol. The average Bonchev–Trinajstić information content (AvgIpc) is 2.57. The van der Waals surface area contributed by atoms with E-state index in [-0.39, 0.29) is 11.2 Å². The number of hydrogen-bond acceptors (Lipinski definition) is 3. The lowest BCUT2D eigenvalue weighted by molar-refractivity contribution is 0.142. The van der Waals surface area contributed by atoms with Crippen LogP contribution in [0.5, 0.6) is 0 Å². The standard InChI is InChI=1S/C12H17ClFN3/c1-15-17-6-4-2-3-5-11(17)9-7-10(14)12(13)16-8-9/h7-8,11,15H,2-6H2,1H3. The maximum Gasteiger partial charge on any atom is 0.164 e. The first-order chi connectivity index (χ1) is 8.22. The van der Waals surface area contributed by atoms with E-state index < -0.39 is 5.82 Å². The summed E-state index contributed by atoms with van der Waals surface area (Å²) in [5.74, 6) is -0.440. The second-order valence-electron chi connectivity index (χ2n) is 4.32. The number of rotatable bonds is 2. The molecule has 1 aliphatic rings. The van der Waals surface area contributed by atoms with E-state index in [4.69, 9.17) is 11.6 Å². The van der Waals surface area contributed by atoms with Crippen LogP contribution in [0.2, 0.25) is 5.15 Å². The van der Waals surface area contributed by atoms with Crippen molar-refractivity contribution in [1.29, 1.82) is 0 Å². The van der Waals surface area contributed by atoms with Crippen molar-refractivity contribution in [3.8, 4) is 0 Å². The highest BCUT2D eigenvalue weighted by Crippen LogP contribution is 2.29. The molecule has 0 aromatic carbocycles. The summed E-state index contributed by atoms with van der Waals surface area (Å²) < 4.78 is 13.4. The van der Waals surface area contributed by atoms with Crippen LogP contribution >= 0.6 is 11.6 Å². The van der Waals surface area contributed by atoms with Crippen LogP contribution in [0.3, 0.4) is 0 Å². The van der Waals surface area contributed by atoms with E-state index in [1.54, 1.807) is 6.20 Å². The Hall–Kier alpha value is -0.710.